The van der Waals surface area contributed by atoms with Gasteiger partial charge in [0.2, 0.25) is 0 Å². The molecule has 0 bridgehead atoms. The quantitative estimate of drug-likeness (QED) is 0.585. The van der Waals surface area contributed by atoms with Gasteiger partial charge < -0.3 is 14.4 Å². The zero-order chi connectivity index (χ0) is 21.8. The Kier molecular flexibility index (Phi) is 4.45. The van der Waals surface area contributed by atoms with E-state index in [4.69, 9.17) is 0 Å². The van der Waals surface area contributed by atoms with Crippen LogP contribution in [0, 0.1) is 0 Å². The SMILES string of the molecule is O=C(c1cccc2c1OC(F)(F)O2)N1CCC[C@H](c2cc(C(F)F)nc3ncnn23)C1. The number of fused-ring (bicyclic) bond motifs is 2. The lowest BCUT2D eigenvalue weighted by atomic mass is 9.93. The Morgan fingerprint density at radius 2 is 2.10 bits per heavy atom. The van der Waals surface area contributed by atoms with Gasteiger partial charge in [-0.3, -0.25) is 4.79 Å². The molecule has 0 unspecified atom stereocenters. The molecule has 0 aliphatic carbocycles. The first-order chi connectivity index (χ1) is 14.8. The van der Waals surface area contributed by atoms with Crippen LogP contribution in [-0.4, -0.2) is 49.8 Å². The molecule has 0 N–H and O–H groups in total. The zero-order valence-corrected chi connectivity index (χ0v) is 15.8. The average molecular weight is 437 g/mol. The maximum atomic E-state index is 13.5. The van der Waals surface area contributed by atoms with Gasteiger partial charge in [0.15, 0.2) is 11.5 Å². The van der Waals surface area contributed by atoms with Crippen LogP contribution in [0.2, 0.25) is 0 Å². The molecule has 8 nitrogen and oxygen atoms in total. The minimum Gasteiger partial charge on any atom is -0.395 e. The Morgan fingerprint density at radius 3 is 2.90 bits per heavy atom. The summed E-state index contributed by atoms with van der Waals surface area (Å²) in [6.45, 7) is 0.560. The first kappa shape index (κ1) is 19.5. The summed E-state index contributed by atoms with van der Waals surface area (Å²) < 4.78 is 63.8. The van der Waals surface area contributed by atoms with Gasteiger partial charge in [-0.05, 0) is 31.0 Å². The second-order valence-electron chi connectivity index (χ2n) is 7.27. The number of hydrogen-bond donors (Lipinski definition) is 0. The van der Waals surface area contributed by atoms with E-state index >= 15 is 0 Å². The summed E-state index contributed by atoms with van der Waals surface area (Å²) >= 11 is 0. The number of likely N-dealkylation sites (tertiary alicyclic amines) is 1. The third-order valence-corrected chi connectivity index (χ3v) is 5.31. The number of halogens is 4. The number of aromatic nitrogens is 4. The van der Waals surface area contributed by atoms with Gasteiger partial charge in [0.05, 0.1) is 11.3 Å². The van der Waals surface area contributed by atoms with Gasteiger partial charge in [-0.2, -0.15) is 10.1 Å². The fourth-order valence-electron chi connectivity index (χ4n) is 3.97. The highest BCUT2D eigenvalue weighted by Crippen LogP contribution is 2.44. The number of nitrogens with zero attached hydrogens (tertiary/aromatic N) is 5. The second kappa shape index (κ2) is 7.06. The molecule has 1 atom stereocenters. The molecule has 1 amide bonds. The lowest BCUT2D eigenvalue weighted by Gasteiger charge is -2.33. The van der Waals surface area contributed by atoms with Gasteiger partial charge in [0.1, 0.15) is 12.0 Å². The highest BCUT2D eigenvalue weighted by molar-refractivity contribution is 5.98. The molecule has 3 aromatic rings. The molecule has 1 saturated heterocycles. The fourth-order valence-corrected chi connectivity index (χ4v) is 3.97. The maximum absolute atomic E-state index is 13.5. The van der Waals surface area contributed by atoms with Gasteiger partial charge >= 0.3 is 6.29 Å². The van der Waals surface area contributed by atoms with Crippen molar-refractivity contribution < 1.29 is 31.8 Å². The average Bonchev–Trinajstić information content (AvgIpc) is 3.34. The van der Waals surface area contributed by atoms with E-state index in [0.29, 0.717) is 25.1 Å². The first-order valence-electron chi connectivity index (χ1n) is 9.49. The Balaban J connectivity index is 1.45. The number of piperidine rings is 1. The van der Waals surface area contributed by atoms with E-state index in [0.717, 1.165) is 0 Å². The lowest BCUT2D eigenvalue weighted by molar-refractivity contribution is -0.286. The van der Waals surface area contributed by atoms with Gasteiger partial charge in [0.25, 0.3) is 18.1 Å². The Morgan fingerprint density at radius 1 is 1.26 bits per heavy atom. The van der Waals surface area contributed by atoms with Crippen molar-refractivity contribution in [1.82, 2.24) is 24.5 Å². The van der Waals surface area contributed by atoms with Crippen molar-refractivity contribution >= 4 is 11.7 Å². The Hall–Kier alpha value is -3.44. The lowest BCUT2D eigenvalue weighted by Crippen LogP contribution is -2.39. The van der Waals surface area contributed by atoms with Crippen LogP contribution < -0.4 is 9.47 Å². The van der Waals surface area contributed by atoms with Crippen LogP contribution in [0.4, 0.5) is 17.6 Å². The molecule has 1 fully saturated rings. The summed E-state index contributed by atoms with van der Waals surface area (Å²) in [5.74, 6) is -1.32. The third kappa shape index (κ3) is 3.41. The van der Waals surface area contributed by atoms with Crippen LogP contribution in [-0.2, 0) is 0 Å². The predicted octanol–water partition coefficient (Wildman–Crippen LogP) is 3.40. The van der Waals surface area contributed by atoms with Crippen LogP contribution in [0.15, 0.2) is 30.6 Å². The van der Waals surface area contributed by atoms with E-state index in [1.807, 2.05) is 0 Å². The molecular formula is C19H15F4N5O3. The molecule has 0 spiro atoms. The summed E-state index contributed by atoms with van der Waals surface area (Å²) in [6, 6.07) is 5.36. The standard InChI is InChI=1S/C19H15F4N5O3/c20-16(21)12-7-13(28-18(26-12)24-9-25-28)10-3-2-6-27(8-10)17(29)11-4-1-5-14-15(11)31-19(22,23)30-14/h1,4-5,7,9-10,16H,2-3,6,8H2/t10-/m0/s1. The normalized spacial score (nSPS) is 19.9. The highest BCUT2D eigenvalue weighted by Gasteiger charge is 2.45. The van der Waals surface area contributed by atoms with E-state index in [1.54, 1.807) is 0 Å². The number of rotatable bonds is 3. The largest absolute Gasteiger partial charge is 0.586 e. The number of ether oxygens (including phenoxy) is 2. The molecule has 2 aromatic heterocycles. The molecule has 5 rings (SSSR count). The number of hydrogen-bond acceptors (Lipinski definition) is 6. The van der Waals surface area contributed by atoms with Gasteiger partial charge in [-0.1, -0.05) is 6.07 Å². The van der Waals surface area contributed by atoms with E-state index < -0.39 is 24.3 Å². The van der Waals surface area contributed by atoms with E-state index in [-0.39, 0.29) is 35.3 Å². The molecular weight excluding hydrogens is 422 g/mol. The van der Waals surface area contributed by atoms with Gasteiger partial charge in [-0.15, -0.1) is 8.78 Å². The van der Waals surface area contributed by atoms with Crippen molar-refractivity contribution in [2.45, 2.75) is 31.5 Å². The van der Waals surface area contributed by atoms with Gasteiger partial charge in [0, 0.05) is 19.0 Å². The number of para-hydroxylation sites is 1. The van der Waals surface area contributed by atoms with E-state index in [9.17, 15) is 22.4 Å². The number of carbonyl (C=O) groups excluding carboxylic acids is 1. The minimum atomic E-state index is -3.84. The highest BCUT2D eigenvalue weighted by atomic mass is 19.3. The summed E-state index contributed by atoms with van der Waals surface area (Å²) in [4.78, 5) is 22.3. The number of benzene rings is 1. The molecule has 31 heavy (non-hydrogen) atoms. The molecule has 0 saturated carbocycles. The predicted molar refractivity (Wildman–Crippen MR) is 96.3 cm³/mol. The number of alkyl halides is 4. The first-order valence-corrected chi connectivity index (χ1v) is 9.49. The van der Waals surface area contributed by atoms with Crippen LogP contribution in [0.3, 0.4) is 0 Å². The Labute approximate surface area is 172 Å². The summed E-state index contributed by atoms with van der Waals surface area (Å²) in [7, 11) is 0. The van der Waals surface area contributed by atoms with Crippen molar-refractivity contribution in [3.05, 3.63) is 47.5 Å². The summed E-state index contributed by atoms with van der Waals surface area (Å²) in [6.07, 6.45) is -4.20. The van der Waals surface area contributed by atoms with Crippen LogP contribution in [0.25, 0.3) is 5.78 Å². The van der Waals surface area contributed by atoms with Crippen molar-refractivity contribution in [1.29, 1.82) is 0 Å². The Bertz CT molecular complexity index is 1170. The molecule has 4 heterocycles. The third-order valence-electron chi connectivity index (χ3n) is 5.31. The van der Waals surface area contributed by atoms with Crippen molar-refractivity contribution in [3.8, 4) is 11.5 Å². The van der Waals surface area contributed by atoms with Crippen LogP contribution in [0.1, 0.15) is 46.9 Å². The molecule has 2 aliphatic rings. The van der Waals surface area contributed by atoms with E-state index in [2.05, 4.69) is 24.5 Å². The van der Waals surface area contributed by atoms with Crippen molar-refractivity contribution in [3.63, 3.8) is 0 Å². The van der Waals surface area contributed by atoms with E-state index in [1.165, 1.54) is 40.0 Å². The fraction of sp³-hybridized carbons (Fsp3) is 0.368. The zero-order valence-electron chi connectivity index (χ0n) is 15.8. The topological polar surface area (TPSA) is 81.9 Å². The summed E-state index contributed by atoms with van der Waals surface area (Å²) in [5.41, 5.74) is -0.0171. The molecule has 2 aliphatic heterocycles. The van der Waals surface area contributed by atoms with Gasteiger partial charge in [-0.25, -0.2) is 18.3 Å². The smallest absolute Gasteiger partial charge is 0.395 e. The monoisotopic (exact) mass is 437 g/mol. The molecule has 12 heteroatoms. The molecule has 0 radical (unpaired) electrons. The van der Waals surface area contributed by atoms with Crippen molar-refractivity contribution in [2.75, 3.05) is 13.1 Å². The van der Waals surface area contributed by atoms with Crippen molar-refractivity contribution in [2.24, 2.45) is 0 Å². The summed E-state index contributed by atoms with van der Waals surface area (Å²) in [5, 5.41) is 4.06. The number of amides is 1. The minimum absolute atomic E-state index is 0.0462. The van der Waals surface area contributed by atoms with Crippen LogP contribution in [0.5, 0.6) is 11.5 Å². The second-order valence-corrected chi connectivity index (χ2v) is 7.27. The number of carbonyl (C=O) groups is 1. The molecule has 1 aromatic carbocycles. The molecule has 162 valence electrons. The van der Waals surface area contributed by atoms with Crippen LogP contribution >= 0.6 is 0 Å². The maximum Gasteiger partial charge on any atom is 0.586 e.